The summed E-state index contributed by atoms with van der Waals surface area (Å²) in [7, 11) is 0. The number of carbonyl (C=O) groups is 2. The second kappa shape index (κ2) is 27.9. The van der Waals surface area contributed by atoms with E-state index in [9.17, 15) is 9.59 Å². The van der Waals surface area contributed by atoms with Gasteiger partial charge in [-0.1, -0.05) is 12.0 Å². The van der Waals surface area contributed by atoms with Crippen LogP contribution in [-0.4, -0.2) is 131 Å². The van der Waals surface area contributed by atoms with Gasteiger partial charge >= 0.3 is 0 Å². The van der Waals surface area contributed by atoms with Crippen molar-refractivity contribution in [1.82, 2.24) is 10.6 Å². The highest BCUT2D eigenvalue weighted by Gasteiger charge is 2.06. The van der Waals surface area contributed by atoms with Crippen LogP contribution in [0, 0.1) is 12.3 Å². The van der Waals surface area contributed by atoms with Crippen molar-refractivity contribution in [3.63, 3.8) is 0 Å². The maximum Gasteiger partial charge on any atom is 0.251 e. The Hall–Kier alpha value is -2.60. The highest BCUT2D eigenvalue weighted by molar-refractivity contribution is 5.94. The second-order valence-corrected chi connectivity index (χ2v) is 7.93. The molecule has 0 aromatic heterocycles. The van der Waals surface area contributed by atoms with Crippen molar-refractivity contribution in [1.29, 1.82) is 0 Å². The van der Waals surface area contributed by atoms with Crippen molar-refractivity contribution in [2.45, 2.75) is 0 Å². The van der Waals surface area contributed by atoms with Crippen LogP contribution in [-0.2, 0) is 38.0 Å². The van der Waals surface area contributed by atoms with Gasteiger partial charge < -0.3 is 53.3 Å². The molecule has 0 radical (unpaired) electrons. The molecule has 0 heterocycles. The average molecular weight is 569 g/mol. The summed E-state index contributed by atoms with van der Waals surface area (Å²) in [6, 6.07) is 6.83. The lowest BCUT2D eigenvalue weighted by Crippen LogP contribution is -2.27. The molecule has 1 aromatic carbocycles. The number of amides is 1. The zero-order valence-electron chi connectivity index (χ0n) is 23.3. The van der Waals surface area contributed by atoms with Crippen LogP contribution in [0.2, 0.25) is 0 Å². The van der Waals surface area contributed by atoms with Gasteiger partial charge in [0.1, 0.15) is 18.6 Å². The Balaban J connectivity index is 1.75. The van der Waals surface area contributed by atoms with E-state index in [4.69, 9.17) is 44.3 Å². The maximum absolute atomic E-state index is 12.2. The molecule has 0 fully saturated rings. The van der Waals surface area contributed by atoms with E-state index in [0.29, 0.717) is 123 Å². The van der Waals surface area contributed by atoms with E-state index in [0.717, 1.165) is 6.29 Å². The first-order valence-electron chi connectivity index (χ1n) is 13.4. The topological polar surface area (TPSA) is 132 Å². The maximum atomic E-state index is 12.2. The largest absolute Gasteiger partial charge is 0.481 e. The van der Waals surface area contributed by atoms with Crippen molar-refractivity contribution in [3.05, 3.63) is 29.8 Å². The summed E-state index contributed by atoms with van der Waals surface area (Å²) in [6.45, 7) is 8.19. The highest BCUT2D eigenvalue weighted by Crippen LogP contribution is 2.13. The lowest BCUT2D eigenvalue weighted by atomic mass is 10.2. The van der Waals surface area contributed by atoms with Crippen LogP contribution in [0.1, 0.15) is 10.4 Å². The van der Waals surface area contributed by atoms with Crippen LogP contribution < -0.4 is 15.4 Å². The monoisotopic (exact) mass is 568 g/mol. The lowest BCUT2D eigenvalue weighted by molar-refractivity contribution is -0.107. The summed E-state index contributed by atoms with van der Waals surface area (Å²) in [4.78, 5) is 22.3. The van der Waals surface area contributed by atoms with Gasteiger partial charge in [0.2, 0.25) is 0 Å². The zero-order valence-corrected chi connectivity index (χ0v) is 23.3. The molecule has 0 aliphatic rings. The van der Waals surface area contributed by atoms with Crippen LogP contribution in [0.25, 0.3) is 0 Å². The Bertz CT molecular complexity index is 791. The molecule has 0 unspecified atom stereocenters. The molecule has 1 amide bonds. The summed E-state index contributed by atoms with van der Waals surface area (Å²) >= 11 is 0. The van der Waals surface area contributed by atoms with Crippen molar-refractivity contribution in [2.75, 3.05) is 119 Å². The SMILES string of the molecule is C#CCOc1cccc(C(=O)NCCOCCOCCOCCOCCOCCOCCOCCNCC=O)c1. The fourth-order valence-corrected chi connectivity index (χ4v) is 2.92. The van der Waals surface area contributed by atoms with Gasteiger partial charge in [-0.05, 0) is 18.2 Å². The molecular formula is C28H44N2O10. The molecule has 0 spiro atoms. The van der Waals surface area contributed by atoms with Gasteiger partial charge in [-0.15, -0.1) is 6.42 Å². The quantitative estimate of drug-likeness (QED) is 0.0787. The Labute approximate surface area is 237 Å². The number of ether oxygens (including phenoxy) is 8. The molecule has 0 aliphatic heterocycles. The van der Waals surface area contributed by atoms with E-state index < -0.39 is 0 Å². The molecule has 0 atom stereocenters. The first-order chi connectivity index (χ1) is 19.8. The number of rotatable bonds is 29. The smallest absolute Gasteiger partial charge is 0.251 e. The molecule has 40 heavy (non-hydrogen) atoms. The number of nitrogens with one attached hydrogen (secondary N) is 2. The third-order valence-electron chi connectivity index (χ3n) is 4.83. The van der Waals surface area contributed by atoms with Crippen LogP contribution in [0.15, 0.2) is 24.3 Å². The number of benzene rings is 1. The van der Waals surface area contributed by atoms with Crippen molar-refractivity contribution in [2.24, 2.45) is 0 Å². The predicted octanol–water partition coefficient (Wildman–Crippen LogP) is 0.333. The Morgan fingerprint density at radius 1 is 0.725 bits per heavy atom. The molecule has 12 nitrogen and oxygen atoms in total. The van der Waals surface area contributed by atoms with Gasteiger partial charge in [0, 0.05) is 18.7 Å². The Morgan fingerprint density at radius 3 is 1.68 bits per heavy atom. The summed E-state index contributed by atoms with van der Waals surface area (Å²) in [5.74, 6) is 2.73. The third-order valence-corrected chi connectivity index (χ3v) is 4.83. The fourth-order valence-electron chi connectivity index (χ4n) is 2.92. The van der Waals surface area contributed by atoms with Gasteiger partial charge in [-0.2, -0.15) is 0 Å². The summed E-state index contributed by atoms with van der Waals surface area (Å²) in [5.41, 5.74) is 0.495. The first-order valence-corrected chi connectivity index (χ1v) is 13.4. The average Bonchev–Trinajstić information content (AvgIpc) is 2.98. The number of terminal acetylenes is 1. The van der Waals surface area contributed by atoms with E-state index in [1.807, 2.05) is 0 Å². The van der Waals surface area contributed by atoms with Gasteiger partial charge in [0.15, 0.2) is 0 Å². The fraction of sp³-hybridized carbons (Fsp3) is 0.643. The predicted molar refractivity (Wildman–Crippen MR) is 148 cm³/mol. The normalized spacial score (nSPS) is 10.8. The summed E-state index contributed by atoms with van der Waals surface area (Å²) < 4.78 is 43.3. The van der Waals surface area contributed by atoms with Crippen LogP contribution in [0.5, 0.6) is 5.75 Å². The Morgan fingerprint density at radius 2 is 1.20 bits per heavy atom. The second-order valence-electron chi connectivity index (χ2n) is 7.93. The van der Waals surface area contributed by atoms with Crippen LogP contribution in [0.4, 0.5) is 0 Å². The molecular weight excluding hydrogens is 524 g/mol. The van der Waals surface area contributed by atoms with Gasteiger partial charge in [0.25, 0.3) is 5.91 Å². The molecule has 0 bridgehead atoms. The highest BCUT2D eigenvalue weighted by atomic mass is 16.6. The molecule has 0 aliphatic carbocycles. The minimum Gasteiger partial charge on any atom is -0.481 e. The summed E-state index contributed by atoms with van der Waals surface area (Å²) in [6.07, 6.45) is 5.99. The minimum absolute atomic E-state index is 0.152. The van der Waals surface area contributed by atoms with Crippen LogP contribution in [0.3, 0.4) is 0 Å². The number of hydrogen-bond acceptors (Lipinski definition) is 11. The molecule has 226 valence electrons. The minimum atomic E-state index is -0.208. The van der Waals surface area contributed by atoms with E-state index >= 15 is 0 Å². The molecule has 0 saturated heterocycles. The number of hydrogen-bond donors (Lipinski definition) is 2. The van der Waals surface area contributed by atoms with Gasteiger partial charge in [-0.3, -0.25) is 4.79 Å². The lowest BCUT2D eigenvalue weighted by Gasteiger charge is -2.09. The molecule has 2 N–H and O–H groups in total. The van der Waals surface area contributed by atoms with Crippen molar-refractivity contribution < 1.29 is 47.5 Å². The van der Waals surface area contributed by atoms with E-state index in [1.54, 1.807) is 24.3 Å². The van der Waals surface area contributed by atoms with E-state index in [1.165, 1.54) is 0 Å². The molecule has 0 saturated carbocycles. The number of carbonyl (C=O) groups excluding carboxylic acids is 2. The van der Waals surface area contributed by atoms with E-state index in [-0.39, 0.29) is 12.5 Å². The molecule has 1 aromatic rings. The third kappa shape index (κ3) is 22.2. The zero-order chi connectivity index (χ0) is 28.8. The van der Waals surface area contributed by atoms with Crippen molar-refractivity contribution in [3.8, 4) is 18.1 Å². The van der Waals surface area contributed by atoms with E-state index in [2.05, 4.69) is 16.6 Å². The Kier molecular flexibility index (Phi) is 24.8. The van der Waals surface area contributed by atoms with Gasteiger partial charge in [-0.25, -0.2) is 0 Å². The summed E-state index contributed by atoms with van der Waals surface area (Å²) in [5, 5.41) is 5.70. The van der Waals surface area contributed by atoms with Crippen molar-refractivity contribution >= 4 is 12.2 Å². The molecule has 1 rings (SSSR count). The van der Waals surface area contributed by atoms with Crippen LogP contribution >= 0.6 is 0 Å². The van der Waals surface area contributed by atoms with Gasteiger partial charge in [0.05, 0.1) is 99.0 Å². The number of aldehydes is 1. The first kappa shape index (κ1) is 35.4. The molecule has 12 heteroatoms. The standard InChI is InChI=1S/C28H44N2O10/c1-2-10-40-27-5-3-4-26(25-27)28(32)30-8-12-34-14-16-36-18-20-38-22-24-39-23-21-37-19-17-35-15-13-33-11-7-29-6-9-31/h1,3-5,9,25,29H,6-8,10-24H2,(H,30,32).